The minimum absolute atomic E-state index is 0.0921. The molecule has 1 fully saturated rings. The van der Waals surface area contributed by atoms with Gasteiger partial charge in [-0.25, -0.2) is 0 Å². The van der Waals surface area contributed by atoms with Crippen LogP contribution in [0.3, 0.4) is 0 Å². The molecular formula is C25H33N3O4. The molecule has 2 aromatic rings. The Labute approximate surface area is 190 Å². The van der Waals surface area contributed by atoms with Gasteiger partial charge in [-0.15, -0.1) is 0 Å². The first-order chi connectivity index (χ1) is 15.6. The molecule has 0 saturated carbocycles. The Bertz CT molecular complexity index is 941. The minimum atomic E-state index is -0.0921. The molecule has 7 heteroatoms. The lowest BCUT2D eigenvalue weighted by Gasteiger charge is -2.37. The molecule has 0 unspecified atom stereocenters. The van der Waals surface area contributed by atoms with Crippen LogP contribution < -0.4 is 19.5 Å². The number of rotatable bonds is 7. The van der Waals surface area contributed by atoms with E-state index < -0.39 is 0 Å². The summed E-state index contributed by atoms with van der Waals surface area (Å²) in [6, 6.07) is 14.4. The fraction of sp³-hybridized carbons (Fsp3) is 0.480. The van der Waals surface area contributed by atoms with E-state index in [1.54, 1.807) is 7.11 Å². The van der Waals surface area contributed by atoms with E-state index >= 15 is 0 Å². The third-order valence-corrected chi connectivity index (χ3v) is 6.26. The molecule has 0 amide bonds. The maximum atomic E-state index is 5.70. The predicted octanol–water partition coefficient (Wildman–Crippen LogP) is 3.57. The molecule has 2 heterocycles. The lowest BCUT2D eigenvalue weighted by molar-refractivity contribution is 0.0529. The topological polar surface area (TPSA) is 64.6 Å². The molecule has 2 aromatic carbocycles. The summed E-state index contributed by atoms with van der Waals surface area (Å²) in [5.41, 5.74) is 2.27. The van der Waals surface area contributed by atoms with Crippen molar-refractivity contribution in [2.24, 2.45) is 4.99 Å². The van der Waals surface area contributed by atoms with Crippen molar-refractivity contribution >= 4 is 5.96 Å². The average molecular weight is 440 g/mol. The number of methoxy groups -OCH3 is 1. The quantitative estimate of drug-likeness (QED) is 0.526. The Kier molecular flexibility index (Phi) is 7.05. The van der Waals surface area contributed by atoms with Crippen molar-refractivity contribution in [3.05, 3.63) is 53.6 Å². The van der Waals surface area contributed by atoms with E-state index in [1.807, 2.05) is 24.3 Å². The van der Waals surface area contributed by atoms with Crippen molar-refractivity contribution < 1.29 is 18.9 Å². The third-order valence-electron chi connectivity index (χ3n) is 6.26. The van der Waals surface area contributed by atoms with E-state index in [0.29, 0.717) is 13.1 Å². The van der Waals surface area contributed by atoms with Crippen LogP contribution in [0.5, 0.6) is 17.2 Å². The number of ether oxygens (including phenoxy) is 4. The Balaban J connectivity index is 1.57. The van der Waals surface area contributed by atoms with Gasteiger partial charge in [0.05, 0.1) is 13.7 Å². The monoisotopic (exact) mass is 439 g/mol. The Morgan fingerprint density at radius 1 is 1.12 bits per heavy atom. The fourth-order valence-corrected chi connectivity index (χ4v) is 4.39. The second-order valence-corrected chi connectivity index (χ2v) is 8.30. The summed E-state index contributed by atoms with van der Waals surface area (Å²) in [4.78, 5) is 7.24. The number of guanidine groups is 1. The standard InChI is InChI=1S/C25H33N3O4/c1-4-26-24(28(2)16-19-7-5-6-8-21(19)29-3)27-17-25(11-13-30-14-12-25)20-9-10-22-23(15-20)32-18-31-22/h5-10,15H,4,11-14,16-18H2,1-3H3,(H,26,27). The largest absolute Gasteiger partial charge is 0.496 e. The highest BCUT2D eigenvalue weighted by atomic mass is 16.7. The van der Waals surface area contributed by atoms with Crippen molar-refractivity contribution in [3.63, 3.8) is 0 Å². The lowest BCUT2D eigenvalue weighted by Crippen LogP contribution is -2.41. The van der Waals surface area contributed by atoms with E-state index in [9.17, 15) is 0 Å². The van der Waals surface area contributed by atoms with Gasteiger partial charge in [-0.3, -0.25) is 4.99 Å². The van der Waals surface area contributed by atoms with Gasteiger partial charge in [-0.05, 0) is 43.5 Å². The number of aliphatic imine (C=N–C) groups is 1. The van der Waals surface area contributed by atoms with Crippen LogP contribution >= 0.6 is 0 Å². The number of nitrogens with one attached hydrogen (secondary N) is 1. The summed E-state index contributed by atoms with van der Waals surface area (Å²) in [7, 11) is 3.77. The zero-order valence-electron chi connectivity index (χ0n) is 19.2. The van der Waals surface area contributed by atoms with E-state index in [-0.39, 0.29) is 12.2 Å². The molecule has 0 atom stereocenters. The van der Waals surface area contributed by atoms with E-state index in [2.05, 4.69) is 42.4 Å². The second kappa shape index (κ2) is 10.1. The summed E-state index contributed by atoms with van der Waals surface area (Å²) in [6.45, 7) is 6.02. The van der Waals surface area contributed by atoms with Crippen LogP contribution in [-0.4, -0.2) is 58.1 Å². The van der Waals surface area contributed by atoms with Gasteiger partial charge < -0.3 is 29.2 Å². The molecule has 0 aliphatic carbocycles. The van der Waals surface area contributed by atoms with Crippen LogP contribution in [0, 0.1) is 0 Å². The van der Waals surface area contributed by atoms with Gasteiger partial charge >= 0.3 is 0 Å². The number of benzene rings is 2. The van der Waals surface area contributed by atoms with Gasteiger partial charge in [0.2, 0.25) is 6.79 Å². The summed E-state index contributed by atoms with van der Waals surface area (Å²) in [6.07, 6.45) is 1.84. The van der Waals surface area contributed by atoms with Crippen molar-refractivity contribution in [3.8, 4) is 17.2 Å². The van der Waals surface area contributed by atoms with Crippen molar-refractivity contribution in [2.45, 2.75) is 31.7 Å². The first kappa shape index (κ1) is 22.3. The molecule has 0 radical (unpaired) electrons. The van der Waals surface area contributed by atoms with Crippen LogP contribution in [0.2, 0.25) is 0 Å². The van der Waals surface area contributed by atoms with Crippen LogP contribution in [0.1, 0.15) is 30.9 Å². The SMILES string of the molecule is CCNC(=NCC1(c2ccc3c(c2)OCO3)CCOCC1)N(C)Cc1ccccc1OC. The summed E-state index contributed by atoms with van der Waals surface area (Å²) < 4.78 is 22.4. The molecule has 0 spiro atoms. The summed E-state index contributed by atoms with van der Waals surface area (Å²) in [5, 5.41) is 3.45. The van der Waals surface area contributed by atoms with Crippen LogP contribution in [-0.2, 0) is 16.7 Å². The molecule has 0 bridgehead atoms. The van der Waals surface area contributed by atoms with E-state index in [0.717, 1.165) is 61.4 Å². The lowest BCUT2D eigenvalue weighted by atomic mass is 9.74. The van der Waals surface area contributed by atoms with Gasteiger partial charge in [0.15, 0.2) is 17.5 Å². The Morgan fingerprint density at radius 3 is 2.69 bits per heavy atom. The smallest absolute Gasteiger partial charge is 0.231 e. The zero-order chi connectivity index (χ0) is 22.4. The second-order valence-electron chi connectivity index (χ2n) is 8.30. The van der Waals surface area contributed by atoms with Gasteiger partial charge in [0.25, 0.3) is 0 Å². The van der Waals surface area contributed by atoms with Gasteiger partial charge in [0, 0.05) is 44.3 Å². The first-order valence-electron chi connectivity index (χ1n) is 11.2. The van der Waals surface area contributed by atoms with Crippen LogP contribution in [0.4, 0.5) is 0 Å². The fourth-order valence-electron chi connectivity index (χ4n) is 4.39. The molecule has 4 rings (SSSR count). The van der Waals surface area contributed by atoms with Gasteiger partial charge in [-0.2, -0.15) is 0 Å². The molecule has 1 saturated heterocycles. The molecule has 0 aromatic heterocycles. The molecule has 2 aliphatic rings. The highest BCUT2D eigenvalue weighted by Gasteiger charge is 2.36. The number of fused-ring (bicyclic) bond motifs is 1. The highest BCUT2D eigenvalue weighted by Crippen LogP contribution is 2.41. The third kappa shape index (κ3) is 4.78. The predicted molar refractivity (Wildman–Crippen MR) is 125 cm³/mol. The van der Waals surface area contributed by atoms with Crippen LogP contribution in [0.15, 0.2) is 47.5 Å². The minimum Gasteiger partial charge on any atom is -0.496 e. The first-order valence-corrected chi connectivity index (χ1v) is 11.2. The molecule has 7 nitrogen and oxygen atoms in total. The van der Waals surface area contributed by atoms with Crippen molar-refractivity contribution in [1.29, 1.82) is 0 Å². The highest BCUT2D eigenvalue weighted by molar-refractivity contribution is 5.79. The molecular weight excluding hydrogens is 406 g/mol. The maximum Gasteiger partial charge on any atom is 0.231 e. The molecule has 2 aliphatic heterocycles. The number of para-hydroxylation sites is 1. The number of hydrogen-bond acceptors (Lipinski definition) is 5. The zero-order valence-corrected chi connectivity index (χ0v) is 19.2. The van der Waals surface area contributed by atoms with Crippen molar-refractivity contribution in [1.82, 2.24) is 10.2 Å². The van der Waals surface area contributed by atoms with Crippen molar-refractivity contribution in [2.75, 3.05) is 47.3 Å². The normalized spacial score (nSPS) is 17.2. The average Bonchev–Trinajstić information content (AvgIpc) is 3.30. The Hall–Kier alpha value is -2.93. The summed E-state index contributed by atoms with van der Waals surface area (Å²) in [5.74, 6) is 3.39. The van der Waals surface area contributed by atoms with Gasteiger partial charge in [-0.1, -0.05) is 24.3 Å². The number of nitrogens with zero attached hydrogens (tertiary/aromatic N) is 2. The molecule has 1 N–H and O–H groups in total. The molecule has 32 heavy (non-hydrogen) atoms. The number of hydrogen-bond donors (Lipinski definition) is 1. The van der Waals surface area contributed by atoms with E-state index in [4.69, 9.17) is 23.9 Å². The maximum absolute atomic E-state index is 5.70. The van der Waals surface area contributed by atoms with Gasteiger partial charge in [0.1, 0.15) is 5.75 Å². The summed E-state index contributed by atoms with van der Waals surface area (Å²) >= 11 is 0. The van der Waals surface area contributed by atoms with Crippen LogP contribution in [0.25, 0.3) is 0 Å². The molecule has 172 valence electrons. The van der Waals surface area contributed by atoms with E-state index in [1.165, 1.54) is 5.56 Å². The Morgan fingerprint density at radius 2 is 1.91 bits per heavy atom.